The van der Waals surface area contributed by atoms with Crippen LogP contribution in [-0.2, 0) is 0 Å². The predicted molar refractivity (Wildman–Crippen MR) is 80.3 cm³/mol. The normalized spacial score (nSPS) is 18.5. The second-order valence-corrected chi connectivity index (χ2v) is 6.05. The highest BCUT2D eigenvalue weighted by Gasteiger charge is 2.20. The van der Waals surface area contributed by atoms with Gasteiger partial charge in [0.15, 0.2) is 0 Å². The van der Waals surface area contributed by atoms with Crippen molar-refractivity contribution < 1.29 is 4.74 Å². The van der Waals surface area contributed by atoms with E-state index in [9.17, 15) is 0 Å². The fourth-order valence-corrected chi connectivity index (χ4v) is 3.06. The molecule has 19 heavy (non-hydrogen) atoms. The molecule has 1 aromatic carbocycles. The standard InChI is InChI=1S/C17H27NO/c1-13(2)19-17-11-7-6-10-15(17)16(18)12-14-8-4-3-5-9-14/h6-7,10-11,13-14,16H,3-5,8-9,12,18H2,1-2H3. The van der Waals surface area contributed by atoms with Crippen LogP contribution in [0.3, 0.4) is 0 Å². The van der Waals surface area contributed by atoms with Crippen LogP contribution in [0.1, 0.15) is 64.0 Å². The van der Waals surface area contributed by atoms with Crippen molar-refractivity contribution in [3.63, 3.8) is 0 Å². The molecule has 2 nitrogen and oxygen atoms in total. The largest absolute Gasteiger partial charge is 0.491 e. The van der Waals surface area contributed by atoms with Crippen LogP contribution in [-0.4, -0.2) is 6.10 Å². The second kappa shape index (κ2) is 6.95. The van der Waals surface area contributed by atoms with Crippen molar-refractivity contribution in [1.29, 1.82) is 0 Å². The molecule has 2 rings (SSSR count). The summed E-state index contributed by atoms with van der Waals surface area (Å²) in [6.45, 7) is 4.12. The Morgan fingerprint density at radius 2 is 1.84 bits per heavy atom. The van der Waals surface area contributed by atoms with E-state index >= 15 is 0 Å². The molecule has 0 aromatic heterocycles. The number of benzene rings is 1. The summed E-state index contributed by atoms with van der Waals surface area (Å²) in [6, 6.07) is 8.34. The first-order chi connectivity index (χ1) is 9.16. The van der Waals surface area contributed by atoms with E-state index in [0.29, 0.717) is 0 Å². The summed E-state index contributed by atoms with van der Waals surface area (Å²) >= 11 is 0. The molecule has 2 heteroatoms. The van der Waals surface area contributed by atoms with Crippen molar-refractivity contribution in [1.82, 2.24) is 0 Å². The monoisotopic (exact) mass is 261 g/mol. The van der Waals surface area contributed by atoms with Gasteiger partial charge in [-0.05, 0) is 32.3 Å². The highest BCUT2D eigenvalue weighted by atomic mass is 16.5. The van der Waals surface area contributed by atoms with Gasteiger partial charge in [0.2, 0.25) is 0 Å². The van der Waals surface area contributed by atoms with Crippen LogP contribution >= 0.6 is 0 Å². The zero-order valence-corrected chi connectivity index (χ0v) is 12.3. The predicted octanol–water partition coefficient (Wildman–Crippen LogP) is 4.44. The first kappa shape index (κ1) is 14.4. The summed E-state index contributed by atoms with van der Waals surface area (Å²) in [5.74, 6) is 1.76. The fraction of sp³-hybridized carbons (Fsp3) is 0.647. The molecule has 0 bridgehead atoms. The van der Waals surface area contributed by atoms with Gasteiger partial charge >= 0.3 is 0 Å². The lowest BCUT2D eigenvalue weighted by atomic mass is 9.83. The highest BCUT2D eigenvalue weighted by Crippen LogP contribution is 2.33. The first-order valence-corrected chi connectivity index (χ1v) is 7.68. The van der Waals surface area contributed by atoms with E-state index in [1.807, 2.05) is 12.1 Å². The van der Waals surface area contributed by atoms with Crippen molar-refractivity contribution in [3.8, 4) is 5.75 Å². The topological polar surface area (TPSA) is 35.2 Å². The van der Waals surface area contributed by atoms with Gasteiger partial charge < -0.3 is 10.5 Å². The van der Waals surface area contributed by atoms with Gasteiger partial charge in [-0.1, -0.05) is 50.3 Å². The lowest BCUT2D eigenvalue weighted by Crippen LogP contribution is -2.19. The van der Waals surface area contributed by atoms with Crippen LogP contribution in [0.25, 0.3) is 0 Å². The third kappa shape index (κ3) is 4.24. The van der Waals surface area contributed by atoms with Crippen LogP contribution in [0.15, 0.2) is 24.3 Å². The molecule has 0 spiro atoms. The number of nitrogens with two attached hydrogens (primary N) is 1. The van der Waals surface area contributed by atoms with Crippen molar-refractivity contribution in [2.45, 2.75) is 64.5 Å². The van der Waals surface area contributed by atoms with E-state index in [4.69, 9.17) is 10.5 Å². The lowest BCUT2D eigenvalue weighted by molar-refractivity contribution is 0.236. The van der Waals surface area contributed by atoms with Gasteiger partial charge in [-0.3, -0.25) is 0 Å². The summed E-state index contributed by atoms with van der Waals surface area (Å²) < 4.78 is 5.88. The third-order valence-electron chi connectivity index (χ3n) is 3.99. The third-order valence-corrected chi connectivity index (χ3v) is 3.99. The van der Waals surface area contributed by atoms with Gasteiger partial charge in [0.25, 0.3) is 0 Å². The van der Waals surface area contributed by atoms with Gasteiger partial charge in [0, 0.05) is 11.6 Å². The van der Waals surface area contributed by atoms with Gasteiger partial charge in [-0.25, -0.2) is 0 Å². The molecular formula is C17H27NO. The molecule has 1 aliphatic rings. The van der Waals surface area contributed by atoms with E-state index in [0.717, 1.165) is 18.1 Å². The minimum Gasteiger partial charge on any atom is -0.491 e. The van der Waals surface area contributed by atoms with Gasteiger partial charge in [0.1, 0.15) is 5.75 Å². The van der Waals surface area contributed by atoms with E-state index in [-0.39, 0.29) is 12.1 Å². The summed E-state index contributed by atoms with van der Waals surface area (Å²) in [6.07, 6.45) is 8.14. The van der Waals surface area contributed by atoms with E-state index < -0.39 is 0 Å². The summed E-state index contributed by atoms with van der Waals surface area (Å²) in [5, 5.41) is 0. The Kier molecular flexibility index (Phi) is 5.26. The lowest BCUT2D eigenvalue weighted by Gasteiger charge is -2.26. The molecule has 1 aliphatic carbocycles. The summed E-state index contributed by atoms with van der Waals surface area (Å²) in [5.41, 5.74) is 7.59. The maximum Gasteiger partial charge on any atom is 0.124 e. The van der Waals surface area contributed by atoms with Gasteiger partial charge in [-0.2, -0.15) is 0 Å². The van der Waals surface area contributed by atoms with Crippen LogP contribution in [0, 0.1) is 5.92 Å². The quantitative estimate of drug-likeness (QED) is 0.850. The Morgan fingerprint density at radius 3 is 2.53 bits per heavy atom. The zero-order chi connectivity index (χ0) is 13.7. The second-order valence-electron chi connectivity index (χ2n) is 6.05. The minimum absolute atomic E-state index is 0.109. The maximum atomic E-state index is 6.42. The average molecular weight is 261 g/mol. The molecule has 1 saturated carbocycles. The molecule has 1 fully saturated rings. The number of rotatable bonds is 5. The minimum atomic E-state index is 0.109. The number of hydrogen-bond acceptors (Lipinski definition) is 2. The molecule has 1 unspecified atom stereocenters. The van der Waals surface area contributed by atoms with Crippen molar-refractivity contribution in [2.24, 2.45) is 11.7 Å². The van der Waals surface area contributed by atoms with Crippen LogP contribution < -0.4 is 10.5 Å². The Labute approximate surface area is 117 Å². The van der Waals surface area contributed by atoms with Crippen LogP contribution in [0.2, 0.25) is 0 Å². The number of hydrogen-bond donors (Lipinski definition) is 1. The first-order valence-electron chi connectivity index (χ1n) is 7.68. The molecule has 1 atom stereocenters. The molecule has 0 heterocycles. The average Bonchev–Trinajstić information content (AvgIpc) is 2.39. The van der Waals surface area contributed by atoms with Crippen molar-refractivity contribution >= 4 is 0 Å². The van der Waals surface area contributed by atoms with Crippen LogP contribution in [0.5, 0.6) is 5.75 Å². The molecule has 0 amide bonds. The van der Waals surface area contributed by atoms with Crippen molar-refractivity contribution in [2.75, 3.05) is 0 Å². The van der Waals surface area contributed by atoms with E-state index in [1.165, 1.54) is 37.7 Å². The molecule has 0 saturated heterocycles. The molecule has 1 aromatic rings. The van der Waals surface area contributed by atoms with E-state index in [2.05, 4.69) is 26.0 Å². The molecule has 0 radical (unpaired) electrons. The SMILES string of the molecule is CC(C)Oc1ccccc1C(N)CC1CCCCC1. The Morgan fingerprint density at radius 1 is 1.16 bits per heavy atom. The summed E-state index contributed by atoms with van der Waals surface area (Å²) in [7, 11) is 0. The Bertz CT molecular complexity index is 383. The van der Waals surface area contributed by atoms with Crippen LogP contribution in [0.4, 0.5) is 0 Å². The number of para-hydroxylation sites is 1. The van der Waals surface area contributed by atoms with Gasteiger partial charge in [-0.15, -0.1) is 0 Å². The number of ether oxygens (including phenoxy) is 1. The Hall–Kier alpha value is -1.02. The van der Waals surface area contributed by atoms with E-state index in [1.54, 1.807) is 0 Å². The van der Waals surface area contributed by atoms with Gasteiger partial charge in [0.05, 0.1) is 6.10 Å². The molecule has 0 aliphatic heterocycles. The summed E-state index contributed by atoms with van der Waals surface area (Å²) in [4.78, 5) is 0. The molecule has 106 valence electrons. The smallest absolute Gasteiger partial charge is 0.124 e. The molecular weight excluding hydrogens is 234 g/mol. The van der Waals surface area contributed by atoms with Crippen molar-refractivity contribution in [3.05, 3.63) is 29.8 Å². The zero-order valence-electron chi connectivity index (χ0n) is 12.3. The maximum absolute atomic E-state index is 6.42. The molecule has 2 N–H and O–H groups in total. The fourth-order valence-electron chi connectivity index (χ4n) is 3.06. The highest BCUT2D eigenvalue weighted by molar-refractivity contribution is 5.35. The Balaban J connectivity index is 2.02.